The number of carbonyl (C=O) groups is 1. The van der Waals surface area contributed by atoms with Crippen molar-refractivity contribution in [1.82, 2.24) is 0 Å². The average Bonchev–Trinajstić information content (AvgIpc) is 3.07. The molecule has 2 heterocycles. The third-order valence-electron chi connectivity index (χ3n) is 5.64. The lowest BCUT2D eigenvalue weighted by Gasteiger charge is -2.26. The molecule has 1 aliphatic heterocycles. The monoisotopic (exact) mass is 449 g/mol. The smallest absolute Gasteiger partial charge is 0.295 e. The van der Waals surface area contributed by atoms with Crippen molar-refractivity contribution in [2.75, 3.05) is 12.0 Å². The number of amides is 1. The van der Waals surface area contributed by atoms with Crippen molar-refractivity contribution in [1.29, 1.82) is 0 Å². The summed E-state index contributed by atoms with van der Waals surface area (Å²) in [6, 6.07) is 15.0. The summed E-state index contributed by atoms with van der Waals surface area (Å²) >= 11 is 6.30. The van der Waals surface area contributed by atoms with Gasteiger partial charge < -0.3 is 9.15 Å². The maximum atomic E-state index is 14.9. The molecule has 5 rings (SSSR count). The van der Waals surface area contributed by atoms with E-state index in [4.69, 9.17) is 20.8 Å². The van der Waals surface area contributed by atoms with Gasteiger partial charge in [0.1, 0.15) is 17.1 Å². The van der Waals surface area contributed by atoms with Crippen LogP contribution in [0.4, 0.5) is 10.1 Å². The highest BCUT2D eigenvalue weighted by Crippen LogP contribution is 2.43. The first kappa shape index (κ1) is 20.3. The Morgan fingerprint density at radius 3 is 2.56 bits per heavy atom. The molecule has 4 aromatic rings. The van der Waals surface area contributed by atoms with E-state index in [1.807, 2.05) is 6.92 Å². The van der Waals surface area contributed by atoms with E-state index in [9.17, 15) is 14.0 Å². The number of halogens is 2. The lowest BCUT2D eigenvalue weighted by Crippen LogP contribution is -2.30. The summed E-state index contributed by atoms with van der Waals surface area (Å²) in [5, 5.41) is 0.619. The van der Waals surface area contributed by atoms with Crippen molar-refractivity contribution in [3.05, 3.63) is 104 Å². The molecule has 1 amide bonds. The Morgan fingerprint density at radius 2 is 1.84 bits per heavy atom. The number of methoxy groups -OCH3 is 1. The first-order valence-electron chi connectivity index (χ1n) is 9.89. The minimum absolute atomic E-state index is 0.102. The Morgan fingerprint density at radius 1 is 1.06 bits per heavy atom. The summed E-state index contributed by atoms with van der Waals surface area (Å²) in [7, 11) is 1.48. The molecule has 0 spiro atoms. The van der Waals surface area contributed by atoms with E-state index in [2.05, 4.69) is 0 Å². The van der Waals surface area contributed by atoms with Crippen molar-refractivity contribution in [2.24, 2.45) is 0 Å². The first-order valence-corrected chi connectivity index (χ1v) is 10.3. The maximum absolute atomic E-state index is 14.9. The molecule has 1 aromatic heterocycles. The standard InChI is InChI=1S/C25H17ClFNO4/c1-13-7-9-19-16(11-13)23(29)21-22(15-5-3-4-6-18(15)27)28(25(30)24(21)32-19)14-8-10-20(31-2)17(26)12-14/h3-12,22H,1-2H3. The molecule has 32 heavy (non-hydrogen) atoms. The molecule has 0 saturated carbocycles. The fourth-order valence-corrected chi connectivity index (χ4v) is 4.40. The molecule has 0 fully saturated rings. The molecular weight excluding hydrogens is 433 g/mol. The largest absolute Gasteiger partial charge is 0.495 e. The summed E-state index contributed by atoms with van der Waals surface area (Å²) in [6.45, 7) is 1.86. The Bertz CT molecular complexity index is 1460. The minimum atomic E-state index is -1.01. The Balaban J connectivity index is 1.82. The molecule has 3 aromatic carbocycles. The van der Waals surface area contributed by atoms with E-state index < -0.39 is 17.8 Å². The SMILES string of the molecule is COc1ccc(N2C(=O)c3oc4ccc(C)cc4c(=O)c3C2c2ccccc2F)cc1Cl. The van der Waals surface area contributed by atoms with Crippen molar-refractivity contribution >= 4 is 34.2 Å². The predicted molar refractivity (Wildman–Crippen MR) is 120 cm³/mol. The molecule has 7 heteroatoms. The Hall–Kier alpha value is -3.64. The average molecular weight is 450 g/mol. The fourth-order valence-electron chi connectivity index (χ4n) is 4.15. The van der Waals surface area contributed by atoms with Gasteiger partial charge in [-0.25, -0.2) is 4.39 Å². The van der Waals surface area contributed by atoms with Crippen LogP contribution in [0.25, 0.3) is 11.0 Å². The summed E-state index contributed by atoms with van der Waals surface area (Å²) in [5.41, 5.74) is 1.48. The van der Waals surface area contributed by atoms with Crippen LogP contribution < -0.4 is 15.1 Å². The van der Waals surface area contributed by atoms with Gasteiger partial charge in [-0.15, -0.1) is 0 Å². The van der Waals surface area contributed by atoms with Gasteiger partial charge in [0.05, 0.1) is 29.1 Å². The predicted octanol–water partition coefficient (Wildman–Crippen LogP) is 5.65. The van der Waals surface area contributed by atoms with Crippen LogP contribution in [0.2, 0.25) is 5.02 Å². The number of nitrogens with zero attached hydrogens (tertiary/aromatic N) is 1. The topological polar surface area (TPSA) is 59.8 Å². The number of benzene rings is 3. The van der Waals surface area contributed by atoms with Gasteiger partial charge in [-0.2, -0.15) is 0 Å². The molecule has 1 unspecified atom stereocenters. The van der Waals surface area contributed by atoms with Crippen LogP contribution in [-0.2, 0) is 0 Å². The van der Waals surface area contributed by atoms with Crippen LogP contribution in [0.1, 0.15) is 33.3 Å². The number of hydrogen-bond acceptors (Lipinski definition) is 4. The third-order valence-corrected chi connectivity index (χ3v) is 5.93. The maximum Gasteiger partial charge on any atom is 0.295 e. The van der Waals surface area contributed by atoms with Crippen LogP contribution in [0, 0.1) is 12.7 Å². The second-order valence-electron chi connectivity index (χ2n) is 7.59. The Labute approximate surface area is 187 Å². The number of carbonyl (C=O) groups excluding carboxylic acids is 1. The number of rotatable bonds is 3. The number of ether oxygens (including phenoxy) is 1. The van der Waals surface area contributed by atoms with E-state index in [0.29, 0.717) is 22.4 Å². The van der Waals surface area contributed by atoms with Crippen LogP contribution >= 0.6 is 11.6 Å². The van der Waals surface area contributed by atoms with Crippen molar-refractivity contribution in [3.8, 4) is 5.75 Å². The molecule has 0 aliphatic carbocycles. The highest BCUT2D eigenvalue weighted by atomic mass is 35.5. The lowest BCUT2D eigenvalue weighted by atomic mass is 9.97. The molecule has 1 atom stereocenters. The third kappa shape index (κ3) is 2.99. The van der Waals surface area contributed by atoms with Gasteiger partial charge in [-0.1, -0.05) is 41.4 Å². The van der Waals surface area contributed by atoms with Gasteiger partial charge in [-0.05, 0) is 43.3 Å². The summed E-state index contributed by atoms with van der Waals surface area (Å²) < 4.78 is 26.0. The van der Waals surface area contributed by atoms with Crippen LogP contribution in [-0.4, -0.2) is 13.0 Å². The molecule has 0 bridgehead atoms. The molecular formula is C25H17ClFNO4. The number of hydrogen-bond donors (Lipinski definition) is 0. The van der Waals surface area contributed by atoms with E-state index in [1.165, 1.54) is 18.1 Å². The molecule has 0 radical (unpaired) electrons. The van der Waals surface area contributed by atoms with Crippen molar-refractivity contribution in [3.63, 3.8) is 0 Å². The highest BCUT2D eigenvalue weighted by molar-refractivity contribution is 6.32. The Kier molecular flexibility index (Phi) is 4.75. The normalized spacial score (nSPS) is 15.3. The van der Waals surface area contributed by atoms with Gasteiger partial charge in [0.15, 0.2) is 5.43 Å². The number of anilines is 1. The molecule has 5 nitrogen and oxygen atoms in total. The van der Waals surface area contributed by atoms with Crippen LogP contribution in [0.3, 0.4) is 0 Å². The molecule has 0 saturated heterocycles. The zero-order valence-corrected chi connectivity index (χ0v) is 17.9. The highest BCUT2D eigenvalue weighted by Gasteiger charge is 2.44. The van der Waals surface area contributed by atoms with Crippen molar-refractivity contribution in [2.45, 2.75) is 13.0 Å². The number of aryl methyl sites for hydroxylation is 1. The molecule has 1 aliphatic rings. The van der Waals surface area contributed by atoms with E-state index in [-0.39, 0.29) is 27.3 Å². The van der Waals surface area contributed by atoms with Gasteiger partial charge in [-0.3, -0.25) is 14.5 Å². The van der Waals surface area contributed by atoms with Gasteiger partial charge in [0, 0.05) is 11.3 Å². The summed E-state index contributed by atoms with van der Waals surface area (Å²) in [5.74, 6) is -0.760. The van der Waals surface area contributed by atoms with E-state index in [1.54, 1.807) is 54.6 Å². The van der Waals surface area contributed by atoms with Gasteiger partial charge in [0.2, 0.25) is 5.76 Å². The zero-order chi connectivity index (χ0) is 22.6. The second-order valence-corrected chi connectivity index (χ2v) is 8.00. The fraction of sp³-hybridized carbons (Fsp3) is 0.120. The molecule has 160 valence electrons. The van der Waals surface area contributed by atoms with Crippen LogP contribution in [0.5, 0.6) is 5.75 Å². The van der Waals surface area contributed by atoms with Gasteiger partial charge in [0.25, 0.3) is 5.91 Å². The second kappa shape index (κ2) is 7.50. The van der Waals surface area contributed by atoms with Crippen LogP contribution in [0.15, 0.2) is 69.9 Å². The quantitative estimate of drug-likeness (QED) is 0.405. The van der Waals surface area contributed by atoms with E-state index in [0.717, 1.165) is 5.56 Å². The number of fused-ring (bicyclic) bond motifs is 2. The van der Waals surface area contributed by atoms with E-state index >= 15 is 0 Å². The van der Waals surface area contributed by atoms with Gasteiger partial charge >= 0.3 is 0 Å². The van der Waals surface area contributed by atoms with Crippen molar-refractivity contribution < 1.29 is 18.3 Å². The lowest BCUT2D eigenvalue weighted by molar-refractivity contribution is 0.0971. The summed E-state index contributed by atoms with van der Waals surface area (Å²) in [4.78, 5) is 28.4. The molecule has 0 N–H and O–H groups in total. The zero-order valence-electron chi connectivity index (χ0n) is 17.2. The first-order chi connectivity index (χ1) is 15.4. The minimum Gasteiger partial charge on any atom is -0.495 e. The summed E-state index contributed by atoms with van der Waals surface area (Å²) in [6.07, 6.45) is 0.